The minimum Gasteiger partial charge on any atom is -0.335 e. The Hall–Kier alpha value is -2.01. The number of rotatable bonds is 4. The van der Waals surface area contributed by atoms with Crippen molar-refractivity contribution in [1.82, 2.24) is 10.6 Å². The zero-order valence-corrected chi connectivity index (χ0v) is 13.2. The molecule has 1 aliphatic rings. The van der Waals surface area contributed by atoms with Gasteiger partial charge in [0.1, 0.15) is 0 Å². The van der Waals surface area contributed by atoms with Crippen molar-refractivity contribution in [2.75, 3.05) is 0 Å². The molecule has 0 aliphatic heterocycles. The number of fused-ring (bicyclic) bond motifs is 1. The smallest absolute Gasteiger partial charge is 0.321 e. The summed E-state index contributed by atoms with van der Waals surface area (Å²) in [6.45, 7) is 1.81. The van der Waals surface area contributed by atoms with Crippen LogP contribution in [0.3, 0.4) is 0 Å². The van der Waals surface area contributed by atoms with Gasteiger partial charge in [-0.2, -0.15) is 0 Å². The summed E-state index contributed by atoms with van der Waals surface area (Å²) < 4.78 is 0. The second kappa shape index (κ2) is 6.40. The minimum atomic E-state index is -0.390. The number of amides is 3. The van der Waals surface area contributed by atoms with E-state index in [1.807, 2.05) is 30.3 Å². The highest BCUT2D eigenvalue weighted by Crippen LogP contribution is 2.27. The number of imide groups is 1. The average Bonchev–Trinajstić information content (AvgIpc) is 3.30. The molecule has 2 aromatic rings. The highest BCUT2D eigenvalue weighted by molar-refractivity contribution is 8.00. The third-order valence-electron chi connectivity index (χ3n) is 3.55. The van der Waals surface area contributed by atoms with Crippen molar-refractivity contribution in [1.29, 1.82) is 0 Å². The van der Waals surface area contributed by atoms with E-state index in [2.05, 4.69) is 22.8 Å². The Morgan fingerprint density at radius 2 is 1.86 bits per heavy atom. The predicted molar refractivity (Wildman–Crippen MR) is 89.0 cm³/mol. The number of carbonyl (C=O) groups is 2. The topological polar surface area (TPSA) is 58.2 Å². The summed E-state index contributed by atoms with van der Waals surface area (Å²) in [4.78, 5) is 24.6. The van der Waals surface area contributed by atoms with Crippen molar-refractivity contribution in [3.63, 3.8) is 0 Å². The number of thioether (sulfide) groups is 1. The molecule has 0 saturated heterocycles. The van der Waals surface area contributed by atoms with Crippen LogP contribution in [0.25, 0.3) is 10.8 Å². The fourth-order valence-corrected chi connectivity index (χ4v) is 3.08. The van der Waals surface area contributed by atoms with Crippen LogP contribution in [-0.2, 0) is 4.79 Å². The van der Waals surface area contributed by atoms with Gasteiger partial charge in [-0.15, -0.1) is 11.8 Å². The first-order chi connectivity index (χ1) is 10.6. The molecular formula is C17H18N2O2S. The van der Waals surface area contributed by atoms with Crippen LogP contribution >= 0.6 is 11.8 Å². The van der Waals surface area contributed by atoms with Crippen LogP contribution in [-0.4, -0.2) is 23.2 Å². The number of hydrogen-bond acceptors (Lipinski definition) is 3. The van der Waals surface area contributed by atoms with Crippen LogP contribution < -0.4 is 10.6 Å². The lowest BCUT2D eigenvalue weighted by Gasteiger charge is -2.12. The third kappa shape index (κ3) is 3.80. The third-order valence-corrected chi connectivity index (χ3v) is 4.65. The molecule has 0 bridgehead atoms. The van der Waals surface area contributed by atoms with E-state index in [4.69, 9.17) is 0 Å². The molecule has 1 unspecified atom stereocenters. The van der Waals surface area contributed by atoms with Gasteiger partial charge in [0.05, 0.1) is 5.25 Å². The van der Waals surface area contributed by atoms with Gasteiger partial charge in [0, 0.05) is 10.9 Å². The van der Waals surface area contributed by atoms with Crippen molar-refractivity contribution in [3.8, 4) is 0 Å². The first kappa shape index (κ1) is 14.9. The lowest BCUT2D eigenvalue weighted by molar-refractivity contribution is -0.119. The molecule has 1 saturated carbocycles. The molecule has 4 nitrogen and oxygen atoms in total. The summed E-state index contributed by atoms with van der Waals surface area (Å²) in [7, 11) is 0. The number of urea groups is 1. The molecule has 3 rings (SSSR count). The predicted octanol–water partition coefficient (Wildman–Crippen LogP) is 3.31. The molecule has 0 heterocycles. The molecule has 0 radical (unpaired) electrons. The lowest BCUT2D eigenvalue weighted by atomic mass is 10.1. The Bertz CT molecular complexity index is 713. The van der Waals surface area contributed by atoms with Gasteiger partial charge in [-0.05, 0) is 42.7 Å². The standard InChI is InChI=1S/C17H18N2O2S/c1-11(16(20)19-17(21)18-14-7-8-14)22-15-9-6-12-4-2-3-5-13(12)10-15/h2-6,9-11,14H,7-8H2,1H3,(H2,18,19,20,21). The van der Waals surface area contributed by atoms with Gasteiger partial charge in [0.25, 0.3) is 0 Å². The molecule has 5 heteroatoms. The van der Waals surface area contributed by atoms with E-state index in [9.17, 15) is 9.59 Å². The molecule has 0 spiro atoms. The Labute approximate surface area is 133 Å². The van der Waals surface area contributed by atoms with Crippen molar-refractivity contribution in [2.45, 2.75) is 36.0 Å². The highest BCUT2D eigenvalue weighted by Gasteiger charge is 2.25. The average molecular weight is 314 g/mol. The maximum atomic E-state index is 12.0. The van der Waals surface area contributed by atoms with E-state index in [-0.39, 0.29) is 17.2 Å². The van der Waals surface area contributed by atoms with E-state index in [1.165, 1.54) is 17.1 Å². The number of carbonyl (C=O) groups excluding carboxylic acids is 2. The van der Waals surface area contributed by atoms with E-state index >= 15 is 0 Å². The molecular weight excluding hydrogens is 296 g/mol. The van der Waals surface area contributed by atoms with Crippen molar-refractivity contribution in [3.05, 3.63) is 42.5 Å². The Morgan fingerprint density at radius 3 is 2.59 bits per heavy atom. The Kier molecular flexibility index (Phi) is 4.34. The molecule has 1 fully saturated rings. The Balaban J connectivity index is 1.60. The van der Waals surface area contributed by atoms with Crippen LogP contribution in [0.4, 0.5) is 4.79 Å². The Morgan fingerprint density at radius 1 is 1.14 bits per heavy atom. The quantitative estimate of drug-likeness (QED) is 0.851. The van der Waals surface area contributed by atoms with Crippen LogP contribution in [0.2, 0.25) is 0 Å². The monoisotopic (exact) mass is 314 g/mol. The van der Waals surface area contributed by atoms with Gasteiger partial charge in [0.2, 0.25) is 5.91 Å². The molecule has 114 valence electrons. The maximum absolute atomic E-state index is 12.0. The molecule has 3 amide bonds. The number of hydrogen-bond donors (Lipinski definition) is 2. The summed E-state index contributed by atoms with van der Waals surface area (Å²) >= 11 is 1.45. The molecule has 1 atom stereocenters. The molecule has 22 heavy (non-hydrogen) atoms. The van der Waals surface area contributed by atoms with Crippen molar-refractivity contribution >= 4 is 34.5 Å². The normalized spacial score (nSPS) is 15.3. The summed E-state index contributed by atoms with van der Waals surface area (Å²) in [6, 6.07) is 14.1. The summed E-state index contributed by atoms with van der Waals surface area (Å²) in [5, 5.41) is 7.14. The van der Waals surface area contributed by atoms with Gasteiger partial charge >= 0.3 is 6.03 Å². The first-order valence-corrected chi connectivity index (χ1v) is 8.26. The van der Waals surface area contributed by atoms with Gasteiger partial charge < -0.3 is 5.32 Å². The largest absolute Gasteiger partial charge is 0.335 e. The number of nitrogens with one attached hydrogen (secondary N) is 2. The molecule has 0 aromatic heterocycles. The van der Waals surface area contributed by atoms with E-state index in [0.717, 1.165) is 23.1 Å². The second-order valence-electron chi connectivity index (χ2n) is 5.51. The fraction of sp³-hybridized carbons (Fsp3) is 0.294. The summed E-state index contributed by atoms with van der Waals surface area (Å²) in [5.74, 6) is -0.267. The van der Waals surface area contributed by atoms with E-state index < -0.39 is 6.03 Å². The maximum Gasteiger partial charge on any atom is 0.321 e. The van der Waals surface area contributed by atoms with Crippen LogP contribution in [0, 0.1) is 0 Å². The molecule has 2 N–H and O–H groups in total. The summed E-state index contributed by atoms with van der Waals surface area (Å²) in [6.07, 6.45) is 2.01. The van der Waals surface area contributed by atoms with Crippen molar-refractivity contribution in [2.24, 2.45) is 0 Å². The highest BCUT2D eigenvalue weighted by atomic mass is 32.2. The zero-order valence-electron chi connectivity index (χ0n) is 12.3. The van der Waals surface area contributed by atoms with Crippen molar-refractivity contribution < 1.29 is 9.59 Å². The lowest BCUT2D eigenvalue weighted by Crippen LogP contribution is -2.43. The van der Waals surface area contributed by atoms with Crippen LogP contribution in [0.15, 0.2) is 47.4 Å². The van der Waals surface area contributed by atoms with Gasteiger partial charge in [-0.3, -0.25) is 10.1 Å². The van der Waals surface area contributed by atoms with Crippen LogP contribution in [0.5, 0.6) is 0 Å². The number of benzene rings is 2. The van der Waals surface area contributed by atoms with Crippen LogP contribution in [0.1, 0.15) is 19.8 Å². The second-order valence-corrected chi connectivity index (χ2v) is 6.92. The fourth-order valence-electron chi connectivity index (χ4n) is 2.16. The van der Waals surface area contributed by atoms with E-state index in [1.54, 1.807) is 6.92 Å². The van der Waals surface area contributed by atoms with Gasteiger partial charge in [0.15, 0.2) is 0 Å². The van der Waals surface area contributed by atoms with Gasteiger partial charge in [-0.25, -0.2) is 4.79 Å². The van der Waals surface area contributed by atoms with E-state index in [0.29, 0.717) is 0 Å². The summed E-state index contributed by atoms with van der Waals surface area (Å²) in [5.41, 5.74) is 0. The minimum absolute atomic E-state index is 0.247. The van der Waals surface area contributed by atoms with Gasteiger partial charge in [-0.1, -0.05) is 30.3 Å². The SMILES string of the molecule is CC(Sc1ccc2ccccc2c1)C(=O)NC(=O)NC1CC1. The molecule has 1 aliphatic carbocycles. The molecule has 2 aromatic carbocycles. The first-order valence-electron chi connectivity index (χ1n) is 7.38. The zero-order chi connectivity index (χ0) is 15.5.